The van der Waals surface area contributed by atoms with Crippen LogP contribution in [0.5, 0.6) is 17.2 Å². The van der Waals surface area contributed by atoms with E-state index < -0.39 is 5.63 Å². The number of nitrogens with zero attached hydrogens (tertiary/aromatic N) is 1. The molecule has 2 aromatic carbocycles. The third-order valence-electron chi connectivity index (χ3n) is 4.34. The van der Waals surface area contributed by atoms with Gasteiger partial charge in [0.1, 0.15) is 5.75 Å². The highest BCUT2D eigenvalue weighted by atomic mass is 16.5. The van der Waals surface area contributed by atoms with Crippen molar-refractivity contribution < 1.29 is 18.6 Å². The summed E-state index contributed by atoms with van der Waals surface area (Å²) in [4.78, 5) is 16.9. The fourth-order valence-electron chi connectivity index (χ4n) is 2.97. The lowest BCUT2D eigenvalue weighted by Crippen LogP contribution is -2.09. The van der Waals surface area contributed by atoms with Gasteiger partial charge in [-0.3, -0.25) is 0 Å². The van der Waals surface area contributed by atoms with Gasteiger partial charge in [0.2, 0.25) is 0 Å². The van der Waals surface area contributed by atoms with Gasteiger partial charge in [-0.25, -0.2) is 9.78 Å². The zero-order valence-electron chi connectivity index (χ0n) is 16.7. The van der Waals surface area contributed by atoms with Crippen LogP contribution in [0.1, 0.15) is 31.7 Å². The highest BCUT2D eigenvalue weighted by molar-refractivity contribution is 5.81. The fraction of sp³-hybridized carbons (Fsp3) is 0.364. The quantitative estimate of drug-likeness (QED) is 0.581. The van der Waals surface area contributed by atoms with Gasteiger partial charge in [0, 0.05) is 18.6 Å². The minimum absolute atomic E-state index is 0.0384. The fourth-order valence-corrected chi connectivity index (χ4v) is 2.97. The van der Waals surface area contributed by atoms with Gasteiger partial charge in [-0.15, -0.1) is 0 Å². The van der Waals surface area contributed by atoms with E-state index in [2.05, 4.69) is 4.98 Å². The summed E-state index contributed by atoms with van der Waals surface area (Å²) in [5.74, 6) is 2.31. The molecule has 0 unspecified atom stereocenters. The maximum Gasteiger partial charge on any atom is 0.346 e. The van der Waals surface area contributed by atoms with Crippen LogP contribution in [-0.4, -0.2) is 25.3 Å². The average molecular weight is 383 g/mol. The molecule has 148 valence electrons. The molecule has 0 aliphatic heterocycles. The first-order chi connectivity index (χ1) is 13.5. The molecule has 0 aliphatic rings. The van der Waals surface area contributed by atoms with Crippen LogP contribution in [0.15, 0.2) is 45.6 Å². The molecule has 0 bridgehead atoms. The van der Waals surface area contributed by atoms with E-state index in [1.807, 2.05) is 38.1 Å². The second-order valence-electron chi connectivity index (χ2n) is 6.78. The van der Waals surface area contributed by atoms with Crippen molar-refractivity contribution in [1.29, 1.82) is 0 Å². The van der Waals surface area contributed by atoms with E-state index in [4.69, 9.17) is 18.6 Å². The zero-order chi connectivity index (χ0) is 20.1. The Labute approximate surface area is 164 Å². The number of hydrogen-bond donors (Lipinski definition) is 0. The second kappa shape index (κ2) is 8.78. The molecule has 0 aliphatic carbocycles. The minimum Gasteiger partial charge on any atom is -0.497 e. The number of aryl methyl sites for hydroxylation is 2. The summed E-state index contributed by atoms with van der Waals surface area (Å²) in [6.07, 6.45) is 2.21. The second-order valence-corrected chi connectivity index (χ2v) is 6.78. The Hall–Kier alpha value is -3.02. The molecule has 0 amide bonds. The maximum atomic E-state index is 12.4. The third kappa shape index (κ3) is 4.63. The van der Waals surface area contributed by atoms with Gasteiger partial charge in [0.05, 0.1) is 31.2 Å². The first kappa shape index (κ1) is 19.7. The summed E-state index contributed by atoms with van der Waals surface area (Å²) in [7, 11) is 3.21. The van der Waals surface area contributed by atoms with E-state index in [0.29, 0.717) is 34.7 Å². The molecule has 3 rings (SSSR count). The van der Waals surface area contributed by atoms with Crippen LogP contribution in [0.25, 0.3) is 10.9 Å². The van der Waals surface area contributed by atoms with E-state index >= 15 is 0 Å². The van der Waals surface area contributed by atoms with Gasteiger partial charge in [-0.05, 0) is 44.4 Å². The topological polar surface area (TPSA) is 70.8 Å². The average Bonchev–Trinajstić information content (AvgIpc) is 2.68. The molecular weight excluding hydrogens is 358 g/mol. The zero-order valence-corrected chi connectivity index (χ0v) is 16.7. The molecule has 3 aromatic rings. The molecular formula is C22H25NO5. The Morgan fingerprint density at radius 3 is 2.39 bits per heavy atom. The van der Waals surface area contributed by atoms with Gasteiger partial charge < -0.3 is 18.6 Å². The van der Waals surface area contributed by atoms with Crippen LogP contribution in [0, 0.1) is 0 Å². The van der Waals surface area contributed by atoms with Crippen molar-refractivity contribution >= 4 is 10.9 Å². The highest BCUT2D eigenvalue weighted by Gasteiger charge is 2.14. The molecule has 0 saturated carbocycles. The van der Waals surface area contributed by atoms with Crippen LogP contribution >= 0.6 is 0 Å². The van der Waals surface area contributed by atoms with Crippen molar-refractivity contribution in [2.45, 2.75) is 39.2 Å². The molecule has 0 fully saturated rings. The number of benzene rings is 2. The monoisotopic (exact) mass is 383 g/mol. The van der Waals surface area contributed by atoms with Gasteiger partial charge in [0.15, 0.2) is 17.4 Å². The normalized spacial score (nSPS) is 11.0. The van der Waals surface area contributed by atoms with E-state index in [1.54, 1.807) is 26.4 Å². The Morgan fingerprint density at radius 1 is 1.00 bits per heavy atom. The lowest BCUT2D eigenvalue weighted by molar-refractivity contribution is 0.230. The van der Waals surface area contributed by atoms with Crippen molar-refractivity contribution in [2.75, 3.05) is 14.2 Å². The number of aromatic nitrogens is 1. The molecule has 0 atom stereocenters. The van der Waals surface area contributed by atoms with Crippen LogP contribution < -0.4 is 19.8 Å². The standard InChI is InChI=1S/C22H25NO5/c1-14(2)27-20-12-17-18(13-19(20)26-4)23-21(28-22(17)24)7-5-6-15-8-10-16(25-3)11-9-15/h8-14H,5-7H2,1-4H3. The summed E-state index contributed by atoms with van der Waals surface area (Å²) in [5.41, 5.74) is 1.32. The highest BCUT2D eigenvalue weighted by Crippen LogP contribution is 2.31. The van der Waals surface area contributed by atoms with E-state index in [9.17, 15) is 4.79 Å². The predicted octanol–water partition coefficient (Wildman–Crippen LogP) is 4.17. The third-order valence-corrected chi connectivity index (χ3v) is 4.34. The molecule has 1 aromatic heterocycles. The Morgan fingerprint density at radius 2 is 1.75 bits per heavy atom. The summed E-state index contributed by atoms with van der Waals surface area (Å²) < 4.78 is 21.7. The Kier molecular flexibility index (Phi) is 6.19. The number of hydrogen-bond acceptors (Lipinski definition) is 6. The molecule has 0 spiro atoms. The van der Waals surface area contributed by atoms with Gasteiger partial charge in [-0.2, -0.15) is 0 Å². The van der Waals surface area contributed by atoms with E-state index in [1.165, 1.54) is 5.56 Å². The van der Waals surface area contributed by atoms with Crippen molar-refractivity contribution in [3.05, 3.63) is 58.3 Å². The van der Waals surface area contributed by atoms with Crippen LogP contribution in [0.4, 0.5) is 0 Å². The van der Waals surface area contributed by atoms with Crippen LogP contribution in [0.2, 0.25) is 0 Å². The SMILES string of the molecule is COc1ccc(CCCc2nc3cc(OC)c(OC(C)C)cc3c(=O)o2)cc1. The largest absolute Gasteiger partial charge is 0.497 e. The van der Waals surface area contributed by atoms with Crippen molar-refractivity contribution in [1.82, 2.24) is 4.98 Å². The molecule has 0 N–H and O–H groups in total. The van der Waals surface area contributed by atoms with Crippen molar-refractivity contribution in [3.63, 3.8) is 0 Å². The Balaban J connectivity index is 1.77. The number of fused-ring (bicyclic) bond motifs is 1. The first-order valence-corrected chi connectivity index (χ1v) is 9.31. The van der Waals surface area contributed by atoms with E-state index in [-0.39, 0.29) is 6.10 Å². The number of methoxy groups -OCH3 is 2. The van der Waals surface area contributed by atoms with Crippen molar-refractivity contribution in [3.8, 4) is 17.2 Å². The summed E-state index contributed by atoms with van der Waals surface area (Å²) >= 11 is 0. The summed E-state index contributed by atoms with van der Waals surface area (Å²) in [6, 6.07) is 11.3. The molecule has 1 heterocycles. The lowest BCUT2D eigenvalue weighted by atomic mass is 10.1. The smallest absolute Gasteiger partial charge is 0.346 e. The molecule has 6 nitrogen and oxygen atoms in total. The van der Waals surface area contributed by atoms with Crippen LogP contribution in [0.3, 0.4) is 0 Å². The van der Waals surface area contributed by atoms with Crippen molar-refractivity contribution in [2.24, 2.45) is 0 Å². The summed E-state index contributed by atoms with van der Waals surface area (Å²) in [5, 5.41) is 0.385. The predicted molar refractivity (Wildman–Crippen MR) is 108 cm³/mol. The van der Waals surface area contributed by atoms with Gasteiger partial charge in [0.25, 0.3) is 0 Å². The Bertz CT molecular complexity index is 992. The number of rotatable bonds is 8. The number of ether oxygens (including phenoxy) is 3. The molecule has 0 saturated heterocycles. The molecule has 0 radical (unpaired) electrons. The maximum absolute atomic E-state index is 12.4. The van der Waals surface area contributed by atoms with E-state index in [0.717, 1.165) is 18.6 Å². The van der Waals surface area contributed by atoms with Crippen LogP contribution in [-0.2, 0) is 12.8 Å². The molecule has 6 heteroatoms. The summed E-state index contributed by atoms with van der Waals surface area (Å²) in [6.45, 7) is 3.83. The lowest BCUT2D eigenvalue weighted by Gasteiger charge is -2.14. The van der Waals surface area contributed by atoms with Gasteiger partial charge >= 0.3 is 5.63 Å². The minimum atomic E-state index is -0.416. The van der Waals surface area contributed by atoms with Gasteiger partial charge in [-0.1, -0.05) is 12.1 Å². The first-order valence-electron chi connectivity index (χ1n) is 9.31. The molecule has 28 heavy (non-hydrogen) atoms.